The lowest BCUT2D eigenvalue weighted by Gasteiger charge is -2.19. The topological polar surface area (TPSA) is 47.6 Å². The molecule has 1 amide bonds. The van der Waals surface area contributed by atoms with Gasteiger partial charge < -0.3 is 14.8 Å². The van der Waals surface area contributed by atoms with E-state index in [1.807, 2.05) is 70.2 Å². The summed E-state index contributed by atoms with van der Waals surface area (Å²) in [6.45, 7) is 8.48. The molecule has 0 radical (unpaired) electrons. The molecule has 2 aromatic carbocycles. The van der Waals surface area contributed by atoms with Gasteiger partial charge in [0.25, 0.3) is 5.91 Å². The molecule has 0 saturated heterocycles. The summed E-state index contributed by atoms with van der Waals surface area (Å²) in [5.74, 6) is 1.32. The maximum atomic E-state index is 12.5. The molecule has 0 aliphatic carbocycles. The van der Waals surface area contributed by atoms with Crippen LogP contribution in [0.3, 0.4) is 0 Å². The van der Waals surface area contributed by atoms with Crippen molar-refractivity contribution in [2.24, 2.45) is 0 Å². The van der Waals surface area contributed by atoms with Gasteiger partial charge in [0.15, 0.2) is 6.10 Å². The molecule has 0 fully saturated rings. The summed E-state index contributed by atoms with van der Waals surface area (Å²) in [4.78, 5) is 12.5. The molecule has 128 valence electrons. The van der Waals surface area contributed by atoms with Gasteiger partial charge in [0.1, 0.15) is 11.5 Å². The van der Waals surface area contributed by atoms with E-state index < -0.39 is 6.10 Å². The number of hydrogen-bond acceptors (Lipinski definition) is 3. The minimum absolute atomic E-state index is 0.160. The van der Waals surface area contributed by atoms with Crippen molar-refractivity contribution in [2.45, 2.75) is 40.2 Å². The fourth-order valence-electron chi connectivity index (χ4n) is 2.38. The van der Waals surface area contributed by atoms with Gasteiger partial charge in [0, 0.05) is 11.8 Å². The highest BCUT2D eigenvalue weighted by atomic mass is 16.5. The molecule has 0 aliphatic rings. The van der Waals surface area contributed by atoms with Crippen molar-refractivity contribution in [3.8, 4) is 11.5 Å². The van der Waals surface area contributed by atoms with E-state index in [0.717, 1.165) is 22.6 Å². The number of carbonyl (C=O) groups is 1. The van der Waals surface area contributed by atoms with E-state index in [4.69, 9.17) is 9.47 Å². The Morgan fingerprint density at radius 2 is 1.88 bits per heavy atom. The molecular formula is C20H25NO3. The minimum Gasteiger partial charge on any atom is -0.494 e. The standard InChI is InChI=1S/C20H25NO3/c1-5-18(24-19-12-7-9-14(3)15(19)4)20(22)21-16-10-8-11-17(13-16)23-6-2/h7-13,18H,5-6H2,1-4H3,(H,21,22). The van der Waals surface area contributed by atoms with Crippen molar-refractivity contribution in [1.29, 1.82) is 0 Å². The fourth-order valence-corrected chi connectivity index (χ4v) is 2.38. The minimum atomic E-state index is -0.541. The van der Waals surface area contributed by atoms with Crippen molar-refractivity contribution in [2.75, 3.05) is 11.9 Å². The highest BCUT2D eigenvalue weighted by molar-refractivity contribution is 5.94. The summed E-state index contributed by atoms with van der Waals surface area (Å²) >= 11 is 0. The normalized spacial score (nSPS) is 11.7. The summed E-state index contributed by atoms with van der Waals surface area (Å²) in [6, 6.07) is 13.2. The van der Waals surface area contributed by atoms with Crippen molar-refractivity contribution in [3.63, 3.8) is 0 Å². The smallest absolute Gasteiger partial charge is 0.265 e. The Kier molecular flexibility index (Phi) is 6.24. The molecule has 2 aromatic rings. The van der Waals surface area contributed by atoms with Crippen LogP contribution in [0, 0.1) is 13.8 Å². The van der Waals surface area contributed by atoms with E-state index in [2.05, 4.69) is 5.32 Å². The number of hydrogen-bond donors (Lipinski definition) is 1. The molecule has 4 heteroatoms. The molecule has 2 rings (SSSR count). The molecule has 24 heavy (non-hydrogen) atoms. The van der Waals surface area contributed by atoms with E-state index in [1.54, 1.807) is 0 Å². The van der Waals surface area contributed by atoms with E-state index in [-0.39, 0.29) is 5.91 Å². The maximum absolute atomic E-state index is 12.5. The van der Waals surface area contributed by atoms with Gasteiger partial charge in [-0.3, -0.25) is 4.79 Å². The quantitative estimate of drug-likeness (QED) is 0.814. The summed E-state index contributed by atoms with van der Waals surface area (Å²) in [7, 11) is 0. The average molecular weight is 327 g/mol. The Bertz CT molecular complexity index is 697. The number of aryl methyl sites for hydroxylation is 1. The number of nitrogens with one attached hydrogen (secondary N) is 1. The van der Waals surface area contributed by atoms with Gasteiger partial charge in [-0.25, -0.2) is 0 Å². The largest absolute Gasteiger partial charge is 0.494 e. The molecule has 0 bridgehead atoms. The van der Waals surface area contributed by atoms with Crippen LogP contribution < -0.4 is 14.8 Å². The predicted octanol–water partition coefficient (Wildman–Crippen LogP) is 4.50. The first-order valence-electron chi connectivity index (χ1n) is 8.31. The first-order chi connectivity index (χ1) is 11.5. The van der Waals surface area contributed by atoms with E-state index >= 15 is 0 Å². The van der Waals surface area contributed by atoms with Gasteiger partial charge in [0.2, 0.25) is 0 Å². The van der Waals surface area contributed by atoms with Crippen LogP contribution in [0.4, 0.5) is 5.69 Å². The molecule has 0 heterocycles. The van der Waals surface area contributed by atoms with Gasteiger partial charge in [-0.15, -0.1) is 0 Å². The summed E-state index contributed by atoms with van der Waals surface area (Å²) in [5.41, 5.74) is 2.91. The Morgan fingerprint density at radius 3 is 2.58 bits per heavy atom. The van der Waals surface area contributed by atoms with Crippen molar-refractivity contribution >= 4 is 11.6 Å². The van der Waals surface area contributed by atoms with Crippen molar-refractivity contribution in [3.05, 3.63) is 53.6 Å². The van der Waals surface area contributed by atoms with Crippen LogP contribution in [-0.4, -0.2) is 18.6 Å². The van der Waals surface area contributed by atoms with Crippen LogP contribution in [0.15, 0.2) is 42.5 Å². The lowest BCUT2D eigenvalue weighted by molar-refractivity contribution is -0.122. The molecule has 1 N–H and O–H groups in total. The lowest BCUT2D eigenvalue weighted by atomic mass is 10.1. The number of amides is 1. The van der Waals surface area contributed by atoms with Gasteiger partial charge in [-0.2, -0.15) is 0 Å². The van der Waals surface area contributed by atoms with Crippen molar-refractivity contribution < 1.29 is 14.3 Å². The molecule has 0 saturated carbocycles. The van der Waals surface area contributed by atoms with Gasteiger partial charge in [0.05, 0.1) is 6.61 Å². The Hall–Kier alpha value is -2.49. The second-order valence-electron chi connectivity index (χ2n) is 5.66. The van der Waals surface area contributed by atoms with Crippen LogP contribution >= 0.6 is 0 Å². The highest BCUT2D eigenvalue weighted by Crippen LogP contribution is 2.23. The molecule has 4 nitrogen and oxygen atoms in total. The third-order valence-electron chi connectivity index (χ3n) is 3.90. The molecule has 1 unspecified atom stereocenters. The van der Waals surface area contributed by atoms with Gasteiger partial charge >= 0.3 is 0 Å². The van der Waals surface area contributed by atoms with Crippen LogP contribution in [0.1, 0.15) is 31.4 Å². The Balaban J connectivity index is 2.08. The maximum Gasteiger partial charge on any atom is 0.265 e. The third kappa shape index (κ3) is 4.51. The second-order valence-corrected chi connectivity index (χ2v) is 5.66. The second kappa shape index (κ2) is 8.39. The van der Waals surface area contributed by atoms with Crippen molar-refractivity contribution in [1.82, 2.24) is 0 Å². The average Bonchev–Trinajstić information content (AvgIpc) is 2.56. The molecule has 1 atom stereocenters. The Labute approximate surface area is 143 Å². The summed E-state index contributed by atoms with van der Waals surface area (Å²) in [5, 5.41) is 2.90. The molecule has 0 aromatic heterocycles. The van der Waals surface area contributed by atoms with Crippen LogP contribution in [0.5, 0.6) is 11.5 Å². The highest BCUT2D eigenvalue weighted by Gasteiger charge is 2.19. The predicted molar refractivity (Wildman–Crippen MR) is 96.9 cm³/mol. The lowest BCUT2D eigenvalue weighted by Crippen LogP contribution is -2.32. The molecule has 0 spiro atoms. The monoisotopic (exact) mass is 327 g/mol. The molecular weight excluding hydrogens is 302 g/mol. The number of ether oxygens (including phenoxy) is 2. The number of anilines is 1. The first kappa shape index (κ1) is 17.9. The fraction of sp³-hybridized carbons (Fsp3) is 0.350. The zero-order chi connectivity index (χ0) is 17.5. The number of benzene rings is 2. The first-order valence-corrected chi connectivity index (χ1v) is 8.31. The number of rotatable bonds is 7. The summed E-state index contributed by atoms with van der Waals surface area (Å²) in [6.07, 6.45) is 0.0472. The zero-order valence-corrected chi connectivity index (χ0v) is 14.8. The zero-order valence-electron chi connectivity index (χ0n) is 14.8. The van der Waals surface area contributed by atoms with Crippen LogP contribution in [0.25, 0.3) is 0 Å². The Morgan fingerprint density at radius 1 is 1.12 bits per heavy atom. The van der Waals surface area contributed by atoms with Crippen LogP contribution in [-0.2, 0) is 4.79 Å². The number of carbonyl (C=O) groups excluding carboxylic acids is 1. The van der Waals surface area contributed by atoms with E-state index in [9.17, 15) is 4.79 Å². The van der Waals surface area contributed by atoms with Gasteiger partial charge in [-0.1, -0.05) is 25.1 Å². The third-order valence-corrected chi connectivity index (χ3v) is 3.90. The van der Waals surface area contributed by atoms with E-state index in [0.29, 0.717) is 18.7 Å². The molecule has 0 aliphatic heterocycles. The van der Waals surface area contributed by atoms with Crippen LogP contribution in [0.2, 0.25) is 0 Å². The van der Waals surface area contributed by atoms with Gasteiger partial charge in [-0.05, 0) is 56.5 Å². The summed E-state index contributed by atoms with van der Waals surface area (Å²) < 4.78 is 11.4. The SMILES string of the molecule is CCOc1cccc(NC(=O)C(CC)Oc2cccc(C)c2C)c1. The van der Waals surface area contributed by atoms with E-state index in [1.165, 1.54) is 0 Å².